The zero-order valence-electron chi connectivity index (χ0n) is 8.97. The van der Waals surface area contributed by atoms with E-state index in [4.69, 9.17) is 0 Å². The molecule has 0 heterocycles. The Hall–Kier alpha value is -1.05. The van der Waals surface area contributed by atoms with Crippen molar-refractivity contribution in [1.82, 2.24) is 0 Å². The molecule has 0 bridgehead atoms. The molecule has 0 amide bonds. The molecule has 1 aromatic carbocycles. The zero-order chi connectivity index (χ0) is 10.7. The van der Waals surface area contributed by atoms with Crippen LogP contribution in [0.2, 0.25) is 0 Å². The molecular formula is C12H17FO. The van der Waals surface area contributed by atoms with Crippen molar-refractivity contribution < 1.29 is 9.50 Å². The normalized spacial score (nSPS) is 12.9. The Morgan fingerprint density at radius 2 is 2.00 bits per heavy atom. The van der Waals surface area contributed by atoms with Crippen LogP contribution >= 0.6 is 0 Å². The summed E-state index contributed by atoms with van der Waals surface area (Å²) in [4.78, 5) is 0. The van der Waals surface area contributed by atoms with Crippen LogP contribution in [0.25, 0.3) is 0 Å². The van der Waals surface area contributed by atoms with Gasteiger partial charge in [-0.05, 0) is 31.4 Å². The number of aryl methyl sites for hydroxylation is 2. The van der Waals surface area contributed by atoms with Gasteiger partial charge in [-0.1, -0.05) is 24.6 Å². The van der Waals surface area contributed by atoms with Gasteiger partial charge in [-0.3, -0.25) is 0 Å². The monoisotopic (exact) mass is 196 g/mol. The third kappa shape index (κ3) is 2.47. The quantitative estimate of drug-likeness (QED) is 0.786. The lowest BCUT2D eigenvalue weighted by molar-refractivity contribution is 0.319. The topological polar surface area (TPSA) is 20.2 Å². The van der Waals surface area contributed by atoms with Gasteiger partial charge in [0, 0.05) is 6.42 Å². The van der Waals surface area contributed by atoms with Crippen molar-refractivity contribution in [3.8, 4) is 5.75 Å². The van der Waals surface area contributed by atoms with E-state index in [9.17, 15) is 9.50 Å². The Morgan fingerprint density at radius 1 is 1.36 bits per heavy atom. The molecule has 1 N–H and O–H groups in total. The van der Waals surface area contributed by atoms with Crippen LogP contribution in [0.3, 0.4) is 0 Å². The minimum Gasteiger partial charge on any atom is -0.507 e. The van der Waals surface area contributed by atoms with Crippen molar-refractivity contribution in [2.24, 2.45) is 0 Å². The van der Waals surface area contributed by atoms with Gasteiger partial charge in [0.15, 0.2) is 0 Å². The van der Waals surface area contributed by atoms with E-state index in [0.29, 0.717) is 12.8 Å². The maximum atomic E-state index is 13.2. The fourth-order valence-electron chi connectivity index (χ4n) is 1.59. The van der Waals surface area contributed by atoms with Crippen LogP contribution in [0, 0.1) is 13.8 Å². The first-order chi connectivity index (χ1) is 6.54. The predicted octanol–water partition coefficient (Wildman–Crippen LogP) is 3.30. The molecule has 0 fully saturated rings. The number of hydrogen-bond donors (Lipinski definition) is 1. The minimum atomic E-state index is -0.859. The van der Waals surface area contributed by atoms with Gasteiger partial charge in [0.1, 0.15) is 11.9 Å². The fraction of sp³-hybridized carbons (Fsp3) is 0.500. The highest BCUT2D eigenvalue weighted by molar-refractivity contribution is 5.42. The van der Waals surface area contributed by atoms with Gasteiger partial charge in [-0.2, -0.15) is 0 Å². The molecule has 0 spiro atoms. The lowest BCUT2D eigenvalue weighted by atomic mass is 10.0. The molecule has 2 heteroatoms. The molecule has 78 valence electrons. The second kappa shape index (κ2) is 4.45. The van der Waals surface area contributed by atoms with Crippen molar-refractivity contribution >= 4 is 0 Å². The van der Waals surface area contributed by atoms with Gasteiger partial charge < -0.3 is 5.11 Å². The zero-order valence-corrected chi connectivity index (χ0v) is 8.97. The second-order valence-electron chi connectivity index (χ2n) is 3.80. The minimum absolute atomic E-state index is 0.242. The molecule has 1 aromatic rings. The summed E-state index contributed by atoms with van der Waals surface area (Å²) in [6.07, 6.45) is -0.0563. The van der Waals surface area contributed by atoms with Crippen LogP contribution in [-0.4, -0.2) is 11.3 Å². The first-order valence-corrected chi connectivity index (χ1v) is 4.97. The highest BCUT2D eigenvalue weighted by Crippen LogP contribution is 2.25. The molecule has 14 heavy (non-hydrogen) atoms. The Labute approximate surface area is 84.6 Å². The predicted molar refractivity (Wildman–Crippen MR) is 56.5 cm³/mol. The van der Waals surface area contributed by atoms with Crippen molar-refractivity contribution in [3.05, 3.63) is 28.8 Å². The number of phenolic OH excluding ortho intramolecular Hbond substituents is 1. The van der Waals surface area contributed by atoms with E-state index in [0.717, 1.165) is 16.7 Å². The van der Waals surface area contributed by atoms with Gasteiger partial charge in [-0.15, -0.1) is 0 Å². The van der Waals surface area contributed by atoms with Crippen molar-refractivity contribution in [2.75, 3.05) is 0 Å². The van der Waals surface area contributed by atoms with Crippen LogP contribution in [0.5, 0.6) is 5.75 Å². The van der Waals surface area contributed by atoms with E-state index < -0.39 is 6.17 Å². The Kier molecular flexibility index (Phi) is 3.50. The number of phenols is 1. The lowest BCUT2D eigenvalue weighted by Crippen LogP contribution is -2.03. The Morgan fingerprint density at radius 3 is 2.57 bits per heavy atom. The average Bonchev–Trinajstić information content (AvgIpc) is 2.13. The first-order valence-electron chi connectivity index (χ1n) is 4.97. The first kappa shape index (κ1) is 11.0. The van der Waals surface area contributed by atoms with Crippen molar-refractivity contribution in [1.29, 1.82) is 0 Å². The van der Waals surface area contributed by atoms with Crippen molar-refractivity contribution in [3.63, 3.8) is 0 Å². The molecule has 0 aliphatic carbocycles. The maximum absolute atomic E-state index is 13.2. The summed E-state index contributed by atoms with van der Waals surface area (Å²) in [6, 6.07) is 3.75. The average molecular weight is 196 g/mol. The summed E-state index contributed by atoms with van der Waals surface area (Å²) in [5, 5.41) is 9.70. The molecule has 1 rings (SSSR count). The number of hydrogen-bond acceptors (Lipinski definition) is 1. The number of benzene rings is 1. The molecule has 0 aliphatic heterocycles. The molecule has 0 saturated heterocycles. The van der Waals surface area contributed by atoms with Crippen molar-refractivity contribution in [2.45, 2.75) is 39.8 Å². The smallest absolute Gasteiger partial charge is 0.121 e. The summed E-state index contributed by atoms with van der Waals surface area (Å²) in [7, 11) is 0. The van der Waals surface area contributed by atoms with Gasteiger partial charge in [0.2, 0.25) is 0 Å². The molecule has 0 aromatic heterocycles. The number of rotatable bonds is 3. The molecule has 1 atom stereocenters. The van der Waals surface area contributed by atoms with E-state index in [1.807, 2.05) is 32.9 Å². The van der Waals surface area contributed by atoms with E-state index in [1.54, 1.807) is 0 Å². The van der Waals surface area contributed by atoms with Crippen LogP contribution in [-0.2, 0) is 6.42 Å². The van der Waals surface area contributed by atoms with Crippen LogP contribution in [0.15, 0.2) is 12.1 Å². The summed E-state index contributed by atoms with van der Waals surface area (Å²) in [6.45, 7) is 5.60. The molecule has 0 radical (unpaired) electrons. The highest BCUT2D eigenvalue weighted by Gasteiger charge is 2.10. The molecule has 1 unspecified atom stereocenters. The molecule has 0 aliphatic rings. The van der Waals surface area contributed by atoms with E-state index in [-0.39, 0.29) is 5.75 Å². The molecule has 0 saturated carbocycles. The Bertz CT molecular complexity index is 320. The SMILES string of the molecule is CCC(F)Cc1cc(C)cc(C)c1O. The summed E-state index contributed by atoms with van der Waals surface area (Å²) < 4.78 is 13.2. The summed E-state index contributed by atoms with van der Waals surface area (Å²) in [5.74, 6) is 0.242. The second-order valence-corrected chi connectivity index (χ2v) is 3.80. The fourth-order valence-corrected chi connectivity index (χ4v) is 1.59. The van der Waals surface area contributed by atoms with Gasteiger partial charge >= 0.3 is 0 Å². The highest BCUT2D eigenvalue weighted by atomic mass is 19.1. The number of halogens is 1. The summed E-state index contributed by atoms with van der Waals surface area (Å²) >= 11 is 0. The van der Waals surface area contributed by atoms with Crippen LogP contribution in [0.4, 0.5) is 4.39 Å². The van der Waals surface area contributed by atoms with Gasteiger partial charge in [0.25, 0.3) is 0 Å². The standard InChI is InChI=1S/C12H17FO/c1-4-11(13)7-10-6-8(2)5-9(3)12(10)14/h5-6,11,14H,4,7H2,1-3H3. The van der Waals surface area contributed by atoms with Crippen LogP contribution < -0.4 is 0 Å². The third-order valence-corrected chi connectivity index (χ3v) is 2.41. The number of alkyl halides is 1. The van der Waals surface area contributed by atoms with E-state index in [1.165, 1.54) is 0 Å². The maximum Gasteiger partial charge on any atom is 0.121 e. The van der Waals surface area contributed by atoms with Gasteiger partial charge in [-0.25, -0.2) is 4.39 Å². The van der Waals surface area contributed by atoms with Crippen LogP contribution in [0.1, 0.15) is 30.0 Å². The largest absolute Gasteiger partial charge is 0.507 e. The number of aromatic hydroxyl groups is 1. The molecular weight excluding hydrogens is 179 g/mol. The molecule has 1 nitrogen and oxygen atoms in total. The third-order valence-electron chi connectivity index (χ3n) is 2.41. The van der Waals surface area contributed by atoms with E-state index in [2.05, 4.69) is 0 Å². The Balaban J connectivity index is 2.96. The lowest BCUT2D eigenvalue weighted by Gasteiger charge is -2.10. The van der Waals surface area contributed by atoms with Gasteiger partial charge in [0.05, 0.1) is 0 Å². The van der Waals surface area contributed by atoms with E-state index >= 15 is 0 Å². The summed E-state index contributed by atoms with van der Waals surface area (Å²) in [5.41, 5.74) is 2.61.